The first-order valence-electron chi connectivity index (χ1n) is 6.16. The molecule has 1 aliphatic rings. The van der Waals surface area contributed by atoms with Crippen LogP contribution in [-0.2, 0) is 9.59 Å². The first-order chi connectivity index (χ1) is 7.61. The van der Waals surface area contributed by atoms with Crippen molar-refractivity contribution in [2.75, 3.05) is 13.1 Å². The van der Waals surface area contributed by atoms with Crippen LogP contribution < -0.4 is 10.6 Å². The lowest BCUT2D eigenvalue weighted by Crippen LogP contribution is -2.38. The van der Waals surface area contributed by atoms with E-state index in [1.807, 2.05) is 13.8 Å². The molecule has 0 saturated heterocycles. The summed E-state index contributed by atoms with van der Waals surface area (Å²) in [6, 6.07) is 0. The molecule has 1 saturated carbocycles. The van der Waals surface area contributed by atoms with E-state index in [2.05, 4.69) is 10.6 Å². The minimum absolute atomic E-state index is 0.00512. The molecule has 0 aromatic heterocycles. The zero-order valence-corrected chi connectivity index (χ0v) is 10.2. The molecule has 1 rings (SSSR count). The predicted octanol–water partition coefficient (Wildman–Crippen LogP) is 1.06. The van der Waals surface area contributed by atoms with Crippen molar-refractivity contribution in [2.24, 2.45) is 11.8 Å². The predicted molar refractivity (Wildman–Crippen MR) is 62.8 cm³/mol. The van der Waals surface area contributed by atoms with Gasteiger partial charge in [0.2, 0.25) is 11.8 Å². The molecule has 2 amide bonds. The molecule has 0 aliphatic heterocycles. The van der Waals surface area contributed by atoms with Gasteiger partial charge in [0.05, 0.1) is 0 Å². The molecule has 2 N–H and O–H groups in total. The lowest BCUT2D eigenvalue weighted by atomic mass is 10.1. The molecule has 0 radical (unpaired) electrons. The third-order valence-electron chi connectivity index (χ3n) is 2.97. The maximum absolute atomic E-state index is 11.6. The average molecular weight is 226 g/mol. The Hall–Kier alpha value is -1.06. The smallest absolute Gasteiger partial charge is 0.223 e. The molecule has 0 heterocycles. The van der Waals surface area contributed by atoms with Crippen LogP contribution in [0, 0.1) is 11.8 Å². The van der Waals surface area contributed by atoms with Gasteiger partial charge < -0.3 is 10.6 Å². The minimum atomic E-state index is 0.00512. The number of hydrogen-bond acceptors (Lipinski definition) is 2. The van der Waals surface area contributed by atoms with Crippen molar-refractivity contribution in [2.45, 2.75) is 39.5 Å². The first kappa shape index (κ1) is 13.0. The maximum Gasteiger partial charge on any atom is 0.223 e. The van der Waals surface area contributed by atoms with E-state index >= 15 is 0 Å². The molecule has 0 spiro atoms. The highest BCUT2D eigenvalue weighted by molar-refractivity contribution is 5.79. The zero-order chi connectivity index (χ0) is 12.0. The van der Waals surface area contributed by atoms with Gasteiger partial charge in [0.1, 0.15) is 0 Å². The van der Waals surface area contributed by atoms with Gasteiger partial charge in [-0.25, -0.2) is 0 Å². The lowest BCUT2D eigenvalue weighted by molar-refractivity contribution is -0.126. The fourth-order valence-corrected chi connectivity index (χ4v) is 1.91. The summed E-state index contributed by atoms with van der Waals surface area (Å²) < 4.78 is 0. The van der Waals surface area contributed by atoms with Gasteiger partial charge in [-0.3, -0.25) is 9.59 Å². The van der Waals surface area contributed by atoms with Gasteiger partial charge in [0, 0.05) is 24.9 Å². The fraction of sp³-hybridized carbons (Fsp3) is 0.833. The summed E-state index contributed by atoms with van der Waals surface area (Å²) in [5.41, 5.74) is 0. The van der Waals surface area contributed by atoms with Gasteiger partial charge in [0.15, 0.2) is 0 Å². The average Bonchev–Trinajstić information content (AvgIpc) is 2.76. The highest BCUT2D eigenvalue weighted by atomic mass is 16.2. The van der Waals surface area contributed by atoms with Gasteiger partial charge in [-0.1, -0.05) is 26.7 Å². The van der Waals surface area contributed by atoms with Crippen molar-refractivity contribution in [3.8, 4) is 0 Å². The Bertz CT molecular complexity index is 245. The molecule has 1 aliphatic carbocycles. The second-order valence-corrected chi connectivity index (χ2v) is 4.72. The molecule has 0 bridgehead atoms. The SMILES string of the molecule is CC(C)C(=O)NCCNC(=O)C1CCCC1. The molecule has 4 heteroatoms. The second-order valence-electron chi connectivity index (χ2n) is 4.72. The van der Waals surface area contributed by atoms with Crippen LogP contribution in [0.1, 0.15) is 39.5 Å². The highest BCUT2D eigenvalue weighted by Crippen LogP contribution is 2.24. The largest absolute Gasteiger partial charge is 0.354 e. The Balaban J connectivity index is 2.06. The minimum Gasteiger partial charge on any atom is -0.354 e. The third kappa shape index (κ3) is 4.21. The van der Waals surface area contributed by atoms with E-state index in [0.717, 1.165) is 12.8 Å². The number of hydrogen-bond donors (Lipinski definition) is 2. The summed E-state index contributed by atoms with van der Waals surface area (Å²) >= 11 is 0. The summed E-state index contributed by atoms with van der Waals surface area (Å²) in [5.74, 6) is 0.401. The normalized spacial score (nSPS) is 16.4. The van der Waals surface area contributed by atoms with E-state index in [-0.39, 0.29) is 23.7 Å². The Morgan fingerprint density at radius 2 is 1.69 bits per heavy atom. The monoisotopic (exact) mass is 226 g/mol. The van der Waals surface area contributed by atoms with Crippen molar-refractivity contribution in [1.82, 2.24) is 10.6 Å². The molecular weight excluding hydrogens is 204 g/mol. The highest BCUT2D eigenvalue weighted by Gasteiger charge is 2.21. The van der Waals surface area contributed by atoms with Gasteiger partial charge in [-0.05, 0) is 12.8 Å². The van der Waals surface area contributed by atoms with Crippen LogP contribution in [0.3, 0.4) is 0 Å². The first-order valence-corrected chi connectivity index (χ1v) is 6.16. The van der Waals surface area contributed by atoms with Gasteiger partial charge in [-0.2, -0.15) is 0 Å². The van der Waals surface area contributed by atoms with E-state index in [1.165, 1.54) is 12.8 Å². The third-order valence-corrected chi connectivity index (χ3v) is 2.97. The van der Waals surface area contributed by atoms with Crippen molar-refractivity contribution < 1.29 is 9.59 Å². The van der Waals surface area contributed by atoms with Gasteiger partial charge >= 0.3 is 0 Å². The molecule has 0 atom stereocenters. The van der Waals surface area contributed by atoms with Crippen LogP contribution in [-0.4, -0.2) is 24.9 Å². The topological polar surface area (TPSA) is 58.2 Å². The van der Waals surface area contributed by atoms with Gasteiger partial charge in [-0.15, -0.1) is 0 Å². The van der Waals surface area contributed by atoms with Crippen LogP contribution >= 0.6 is 0 Å². The molecule has 0 aromatic rings. The number of rotatable bonds is 5. The Morgan fingerprint density at radius 1 is 1.12 bits per heavy atom. The van der Waals surface area contributed by atoms with Crippen LogP contribution in [0.5, 0.6) is 0 Å². The number of carbonyl (C=O) groups is 2. The summed E-state index contributed by atoms with van der Waals surface area (Å²) in [6.07, 6.45) is 4.37. The van der Waals surface area contributed by atoms with Crippen LogP contribution in [0.25, 0.3) is 0 Å². The molecule has 0 aromatic carbocycles. The molecule has 16 heavy (non-hydrogen) atoms. The van der Waals surface area contributed by atoms with Crippen molar-refractivity contribution in [1.29, 1.82) is 0 Å². The van der Waals surface area contributed by atoms with Crippen LogP contribution in [0.15, 0.2) is 0 Å². The number of amides is 2. The maximum atomic E-state index is 11.6. The van der Waals surface area contributed by atoms with E-state index < -0.39 is 0 Å². The van der Waals surface area contributed by atoms with E-state index in [1.54, 1.807) is 0 Å². The van der Waals surface area contributed by atoms with E-state index in [4.69, 9.17) is 0 Å². The molecular formula is C12H22N2O2. The standard InChI is InChI=1S/C12H22N2O2/c1-9(2)11(15)13-7-8-14-12(16)10-5-3-4-6-10/h9-10H,3-8H2,1-2H3,(H,13,15)(H,14,16). The lowest BCUT2D eigenvalue weighted by Gasteiger charge is -2.11. The second kappa shape index (κ2) is 6.51. The molecule has 1 fully saturated rings. The summed E-state index contributed by atoms with van der Waals surface area (Å²) in [4.78, 5) is 22.8. The van der Waals surface area contributed by atoms with Crippen molar-refractivity contribution in [3.05, 3.63) is 0 Å². The molecule has 92 valence electrons. The summed E-state index contributed by atoms with van der Waals surface area (Å²) in [6.45, 7) is 4.77. The van der Waals surface area contributed by atoms with Crippen molar-refractivity contribution in [3.63, 3.8) is 0 Å². The summed E-state index contributed by atoms with van der Waals surface area (Å²) in [7, 11) is 0. The van der Waals surface area contributed by atoms with Crippen LogP contribution in [0.4, 0.5) is 0 Å². The Labute approximate surface area is 97.2 Å². The van der Waals surface area contributed by atoms with Crippen molar-refractivity contribution >= 4 is 11.8 Å². The fourth-order valence-electron chi connectivity index (χ4n) is 1.91. The van der Waals surface area contributed by atoms with Gasteiger partial charge in [0.25, 0.3) is 0 Å². The Morgan fingerprint density at radius 3 is 2.25 bits per heavy atom. The van der Waals surface area contributed by atoms with E-state index in [9.17, 15) is 9.59 Å². The molecule has 4 nitrogen and oxygen atoms in total. The van der Waals surface area contributed by atoms with E-state index in [0.29, 0.717) is 13.1 Å². The number of nitrogens with one attached hydrogen (secondary N) is 2. The quantitative estimate of drug-likeness (QED) is 0.689. The Kier molecular flexibility index (Phi) is 5.29. The number of carbonyl (C=O) groups excluding carboxylic acids is 2. The molecule has 0 unspecified atom stereocenters. The summed E-state index contributed by atoms with van der Waals surface area (Å²) in [5, 5.41) is 5.64. The van der Waals surface area contributed by atoms with Crippen LogP contribution in [0.2, 0.25) is 0 Å². The zero-order valence-electron chi connectivity index (χ0n) is 10.2.